The van der Waals surface area contributed by atoms with Crippen molar-refractivity contribution in [3.63, 3.8) is 0 Å². The first-order valence-corrected chi connectivity index (χ1v) is 13.5. The van der Waals surface area contributed by atoms with Crippen LogP contribution >= 0.6 is 10.0 Å². The Kier molecular flexibility index (Phi) is 7.68. The van der Waals surface area contributed by atoms with Gasteiger partial charge in [0.25, 0.3) is 17.7 Å². The number of aromatic hydroxyl groups is 1. The lowest BCUT2D eigenvalue weighted by Crippen LogP contribution is -2.38. The highest BCUT2D eigenvalue weighted by Gasteiger charge is 2.31. The van der Waals surface area contributed by atoms with Gasteiger partial charge in [-0.2, -0.15) is 0 Å². The number of hydrogen-bond acceptors (Lipinski definition) is 6. The van der Waals surface area contributed by atoms with Gasteiger partial charge in [0.2, 0.25) is 5.76 Å². The van der Waals surface area contributed by atoms with Gasteiger partial charge in [-0.3, -0.25) is 9.59 Å². The minimum atomic E-state index is -0.959. The number of rotatable bonds is 8. The van der Waals surface area contributed by atoms with Gasteiger partial charge in [0.05, 0.1) is 12.2 Å². The first kappa shape index (κ1) is 25.3. The molecule has 8 nitrogen and oxygen atoms in total. The molecule has 0 aliphatic rings. The van der Waals surface area contributed by atoms with Gasteiger partial charge >= 0.3 is 0 Å². The lowest BCUT2D eigenvalue weighted by atomic mass is 10.0. The van der Waals surface area contributed by atoms with Gasteiger partial charge in [0, 0.05) is 19.8 Å². The van der Waals surface area contributed by atoms with Gasteiger partial charge in [-0.15, -0.1) is 0 Å². The van der Waals surface area contributed by atoms with E-state index in [2.05, 4.69) is 29.2 Å². The fourth-order valence-electron chi connectivity index (χ4n) is 3.45. The number of hydrogen-bond donors (Lipinski definition) is 2. The van der Waals surface area contributed by atoms with E-state index in [4.69, 9.17) is 9.26 Å². The van der Waals surface area contributed by atoms with E-state index in [1.807, 2.05) is 43.3 Å². The maximum Gasteiger partial charge on any atom is 0.293 e. The number of carbonyl (C=O) groups is 2. The van der Waals surface area contributed by atoms with E-state index in [-0.39, 0.29) is 17.8 Å². The molecular formula is C25H31N3O5S. The zero-order chi connectivity index (χ0) is 25.0. The second-order valence-corrected chi connectivity index (χ2v) is 12.9. The molecule has 0 saturated carbocycles. The summed E-state index contributed by atoms with van der Waals surface area (Å²) in [4.78, 5) is 28.9. The SMILES string of the molecule is COC(C)c1ccc(C(C(=O)Nc2ccc(S(C)(C)C)cc2)N(C)C(=O)c2cc(O)no2)cc1. The molecule has 0 fully saturated rings. The van der Waals surface area contributed by atoms with Crippen LogP contribution in [0.5, 0.6) is 5.88 Å². The Labute approximate surface area is 201 Å². The number of carbonyl (C=O) groups excluding carboxylic acids is 2. The number of ether oxygens (including phenoxy) is 1. The van der Waals surface area contributed by atoms with Crippen LogP contribution in [0.25, 0.3) is 0 Å². The van der Waals surface area contributed by atoms with Crippen molar-refractivity contribution in [2.24, 2.45) is 0 Å². The summed E-state index contributed by atoms with van der Waals surface area (Å²) < 4.78 is 10.3. The van der Waals surface area contributed by atoms with Crippen molar-refractivity contribution in [3.05, 3.63) is 71.5 Å². The van der Waals surface area contributed by atoms with Crippen molar-refractivity contribution in [1.29, 1.82) is 0 Å². The van der Waals surface area contributed by atoms with E-state index < -0.39 is 27.9 Å². The van der Waals surface area contributed by atoms with Crippen molar-refractivity contribution < 1.29 is 24.0 Å². The summed E-state index contributed by atoms with van der Waals surface area (Å²) in [6, 6.07) is 15.2. The molecule has 3 aromatic rings. The van der Waals surface area contributed by atoms with Crippen molar-refractivity contribution in [1.82, 2.24) is 10.1 Å². The molecule has 3 rings (SSSR count). The van der Waals surface area contributed by atoms with Gasteiger partial charge in [0.15, 0.2) is 0 Å². The van der Waals surface area contributed by atoms with E-state index in [0.717, 1.165) is 11.6 Å². The molecule has 2 N–H and O–H groups in total. The molecule has 1 aromatic heterocycles. The molecule has 2 amide bonds. The average molecular weight is 486 g/mol. The van der Waals surface area contributed by atoms with Crippen LogP contribution in [0.15, 0.2) is 64.0 Å². The first-order valence-electron chi connectivity index (χ1n) is 10.7. The molecule has 2 aromatic carbocycles. The number of benzene rings is 2. The summed E-state index contributed by atoms with van der Waals surface area (Å²) in [6.45, 7) is 1.92. The first-order chi connectivity index (χ1) is 16.0. The molecule has 9 heteroatoms. The van der Waals surface area contributed by atoms with E-state index in [0.29, 0.717) is 11.3 Å². The van der Waals surface area contributed by atoms with Crippen molar-refractivity contribution >= 4 is 27.5 Å². The second-order valence-electron chi connectivity index (χ2n) is 8.76. The van der Waals surface area contributed by atoms with E-state index >= 15 is 0 Å². The lowest BCUT2D eigenvalue weighted by Gasteiger charge is -2.28. The summed E-state index contributed by atoms with van der Waals surface area (Å²) in [5, 5.41) is 15.7. The quantitative estimate of drug-likeness (QED) is 0.483. The number of nitrogens with one attached hydrogen (secondary N) is 1. The molecule has 0 spiro atoms. The highest BCUT2D eigenvalue weighted by Crippen LogP contribution is 2.45. The topological polar surface area (TPSA) is 105 Å². The number of aromatic nitrogens is 1. The Bertz CT molecular complexity index is 1140. The lowest BCUT2D eigenvalue weighted by molar-refractivity contribution is -0.120. The Balaban J connectivity index is 1.91. The molecule has 2 atom stereocenters. The molecule has 0 aliphatic heterocycles. The highest BCUT2D eigenvalue weighted by molar-refractivity contribution is 8.32. The molecule has 2 unspecified atom stereocenters. The van der Waals surface area contributed by atoms with Crippen molar-refractivity contribution in [2.45, 2.75) is 24.0 Å². The molecule has 1 heterocycles. The van der Waals surface area contributed by atoms with Gasteiger partial charge in [-0.1, -0.05) is 24.3 Å². The van der Waals surface area contributed by atoms with Gasteiger partial charge in [-0.05, 0) is 71.1 Å². The van der Waals surface area contributed by atoms with Crippen molar-refractivity contribution in [3.8, 4) is 5.88 Å². The molecule has 34 heavy (non-hydrogen) atoms. The van der Waals surface area contributed by atoms with Gasteiger partial charge in [-0.25, -0.2) is 10.0 Å². The number of likely N-dealkylation sites (N-methyl/N-ethyl adjacent to an activating group) is 1. The third kappa shape index (κ3) is 5.78. The van der Waals surface area contributed by atoms with Crippen LogP contribution in [0, 0.1) is 0 Å². The maximum atomic E-state index is 13.4. The largest absolute Gasteiger partial charge is 0.491 e. The number of methoxy groups -OCH3 is 1. The van der Waals surface area contributed by atoms with Crippen LogP contribution in [0.4, 0.5) is 5.69 Å². The fraction of sp³-hybridized carbons (Fsp3) is 0.320. The molecule has 0 aliphatic carbocycles. The Hall–Kier alpha value is -3.30. The monoisotopic (exact) mass is 485 g/mol. The van der Waals surface area contributed by atoms with E-state index in [1.165, 1.54) is 16.8 Å². The minimum Gasteiger partial charge on any atom is -0.491 e. The Morgan fingerprint density at radius 3 is 2.15 bits per heavy atom. The summed E-state index contributed by atoms with van der Waals surface area (Å²) >= 11 is 0. The summed E-state index contributed by atoms with van der Waals surface area (Å²) in [7, 11) is 2.24. The molecule has 0 bridgehead atoms. The number of anilines is 1. The van der Waals surface area contributed by atoms with Crippen LogP contribution in [-0.4, -0.2) is 59.9 Å². The summed E-state index contributed by atoms with van der Waals surface area (Å²) in [6.07, 6.45) is 6.49. The molecule has 0 saturated heterocycles. The van der Waals surface area contributed by atoms with Crippen LogP contribution in [-0.2, 0) is 9.53 Å². The zero-order valence-corrected chi connectivity index (χ0v) is 21.1. The Morgan fingerprint density at radius 2 is 1.65 bits per heavy atom. The predicted molar refractivity (Wildman–Crippen MR) is 134 cm³/mol. The third-order valence-corrected chi connectivity index (χ3v) is 7.26. The smallest absolute Gasteiger partial charge is 0.293 e. The third-order valence-electron chi connectivity index (χ3n) is 5.57. The standard InChI is InChI=1S/C25H31N3O5S/c1-16(32-3)17-7-9-18(10-8-17)23(28(2)25(31)21-15-22(29)27-33-21)24(30)26-19-11-13-20(14-12-19)34(4,5)6/h7-16,23H,1-6H3,(H,26,30)(H,27,29). The second kappa shape index (κ2) is 10.3. The van der Waals surface area contributed by atoms with E-state index in [9.17, 15) is 14.7 Å². The summed E-state index contributed by atoms with van der Waals surface area (Å²) in [5.41, 5.74) is 2.19. The molecular weight excluding hydrogens is 454 g/mol. The zero-order valence-electron chi connectivity index (χ0n) is 20.2. The maximum absolute atomic E-state index is 13.4. The highest BCUT2D eigenvalue weighted by atomic mass is 32.3. The molecule has 0 radical (unpaired) electrons. The molecule has 182 valence electrons. The normalized spacial score (nSPS) is 13.7. The average Bonchev–Trinajstić information content (AvgIpc) is 3.24. The van der Waals surface area contributed by atoms with Gasteiger partial charge < -0.3 is 24.6 Å². The van der Waals surface area contributed by atoms with Crippen LogP contribution < -0.4 is 5.32 Å². The Morgan fingerprint density at radius 1 is 1.06 bits per heavy atom. The van der Waals surface area contributed by atoms with Gasteiger partial charge in [0.1, 0.15) is 6.04 Å². The van der Waals surface area contributed by atoms with Crippen molar-refractivity contribution in [2.75, 3.05) is 38.2 Å². The van der Waals surface area contributed by atoms with Crippen LogP contribution in [0.1, 0.15) is 40.8 Å². The fourth-order valence-corrected chi connectivity index (χ4v) is 4.40. The van der Waals surface area contributed by atoms with Crippen LogP contribution in [0.2, 0.25) is 0 Å². The summed E-state index contributed by atoms with van der Waals surface area (Å²) in [5.74, 6) is -1.55. The predicted octanol–water partition coefficient (Wildman–Crippen LogP) is 4.59. The van der Waals surface area contributed by atoms with E-state index in [1.54, 1.807) is 19.2 Å². The minimum absolute atomic E-state index is 0.110. The number of nitrogens with zero attached hydrogens (tertiary/aromatic N) is 2. The van der Waals surface area contributed by atoms with Crippen LogP contribution in [0.3, 0.4) is 0 Å². The number of amides is 2.